The number of amides is 1. The summed E-state index contributed by atoms with van der Waals surface area (Å²) in [7, 11) is 1.77. The van der Waals surface area contributed by atoms with E-state index in [4.69, 9.17) is 4.98 Å². The molecule has 0 unspecified atom stereocenters. The van der Waals surface area contributed by atoms with Gasteiger partial charge in [-0.25, -0.2) is 4.98 Å². The Balaban J connectivity index is 2.05. The fraction of sp³-hybridized carbons (Fsp3) is 0.250. The highest BCUT2D eigenvalue weighted by molar-refractivity contribution is 5.84. The van der Waals surface area contributed by atoms with Crippen LogP contribution in [0.25, 0.3) is 10.9 Å². The van der Waals surface area contributed by atoms with E-state index in [0.29, 0.717) is 16.7 Å². The van der Waals surface area contributed by atoms with Gasteiger partial charge in [-0.3, -0.25) is 14.2 Å². The average molecular weight is 333 g/mol. The number of para-hydroxylation sites is 1. The molecule has 0 N–H and O–H groups in total. The van der Waals surface area contributed by atoms with E-state index in [9.17, 15) is 9.59 Å². The molecule has 1 aromatic heterocycles. The number of rotatable bonds is 1. The minimum Gasteiger partial charge on any atom is -0.330 e. The zero-order chi connectivity index (χ0) is 17.7. The largest absolute Gasteiger partial charge is 0.330 e. The minimum absolute atomic E-state index is 0.0859. The monoisotopic (exact) mass is 333 g/mol. The molecule has 2 aromatic carbocycles. The van der Waals surface area contributed by atoms with Gasteiger partial charge in [0.05, 0.1) is 10.9 Å². The lowest BCUT2D eigenvalue weighted by molar-refractivity contribution is -0.136. The van der Waals surface area contributed by atoms with E-state index in [1.54, 1.807) is 29.5 Å². The van der Waals surface area contributed by atoms with Crippen LogP contribution in [0.1, 0.15) is 36.0 Å². The molecule has 126 valence electrons. The van der Waals surface area contributed by atoms with Gasteiger partial charge in [0.25, 0.3) is 5.56 Å². The summed E-state index contributed by atoms with van der Waals surface area (Å²) in [5.74, 6) is 0.527. The first-order valence-corrected chi connectivity index (χ1v) is 8.33. The third kappa shape index (κ3) is 2.27. The van der Waals surface area contributed by atoms with Crippen molar-refractivity contribution in [1.82, 2.24) is 14.5 Å². The molecule has 0 saturated heterocycles. The summed E-state index contributed by atoms with van der Waals surface area (Å²) >= 11 is 0. The van der Waals surface area contributed by atoms with Crippen LogP contribution < -0.4 is 5.56 Å². The smallest absolute Gasteiger partial charge is 0.262 e. The first-order valence-electron chi connectivity index (χ1n) is 8.33. The van der Waals surface area contributed by atoms with Crippen LogP contribution in [0.3, 0.4) is 0 Å². The zero-order valence-electron chi connectivity index (χ0n) is 14.4. The molecule has 2 heterocycles. The van der Waals surface area contributed by atoms with Gasteiger partial charge >= 0.3 is 0 Å². The number of aryl methyl sites for hydroxylation is 1. The number of carbonyl (C=O) groups is 1. The fourth-order valence-electron chi connectivity index (χ4n) is 3.56. The molecular weight excluding hydrogens is 314 g/mol. The first kappa shape index (κ1) is 15.6. The highest BCUT2D eigenvalue weighted by atomic mass is 16.2. The molecule has 0 aliphatic carbocycles. The molecule has 0 saturated carbocycles. The van der Waals surface area contributed by atoms with Crippen LogP contribution in [-0.2, 0) is 4.79 Å². The van der Waals surface area contributed by atoms with Gasteiger partial charge in [0, 0.05) is 7.05 Å². The zero-order valence-corrected chi connectivity index (χ0v) is 14.4. The van der Waals surface area contributed by atoms with Gasteiger partial charge in [-0.05, 0) is 31.5 Å². The van der Waals surface area contributed by atoms with E-state index in [-0.39, 0.29) is 17.5 Å². The Morgan fingerprint density at radius 1 is 1.00 bits per heavy atom. The van der Waals surface area contributed by atoms with Crippen molar-refractivity contribution in [1.29, 1.82) is 0 Å². The molecule has 0 spiro atoms. The molecule has 0 radical (unpaired) electrons. The van der Waals surface area contributed by atoms with E-state index in [2.05, 4.69) is 0 Å². The quantitative estimate of drug-likeness (QED) is 0.688. The number of aromatic nitrogens is 2. The topological polar surface area (TPSA) is 55.2 Å². The Labute approximate surface area is 145 Å². The molecule has 1 aliphatic heterocycles. The summed E-state index contributed by atoms with van der Waals surface area (Å²) < 4.78 is 1.55. The lowest BCUT2D eigenvalue weighted by Gasteiger charge is -2.38. The standard InChI is InChI=1S/C20H19N3O2/c1-12-8-10-14(11-9-12)17-18-21-16-7-5-4-6-15(16)20(25)23(18)13(2)19(24)22(17)3/h4-11,13,17H,1-3H3/t13-,17-/m0/s1. The van der Waals surface area contributed by atoms with Crippen molar-refractivity contribution in [2.75, 3.05) is 7.05 Å². The molecule has 0 bridgehead atoms. The van der Waals surface area contributed by atoms with E-state index in [1.807, 2.05) is 49.4 Å². The van der Waals surface area contributed by atoms with Gasteiger partial charge in [0.15, 0.2) is 0 Å². The molecule has 3 aromatic rings. The van der Waals surface area contributed by atoms with Gasteiger partial charge in [0.2, 0.25) is 5.91 Å². The van der Waals surface area contributed by atoms with Crippen molar-refractivity contribution in [2.24, 2.45) is 0 Å². The van der Waals surface area contributed by atoms with Crippen molar-refractivity contribution in [3.8, 4) is 0 Å². The predicted octanol–water partition coefficient (Wildman–Crippen LogP) is 2.83. The molecule has 5 heteroatoms. The third-order valence-electron chi connectivity index (χ3n) is 4.95. The van der Waals surface area contributed by atoms with Gasteiger partial charge < -0.3 is 4.90 Å². The van der Waals surface area contributed by atoms with Crippen LogP contribution in [0, 0.1) is 6.92 Å². The van der Waals surface area contributed by atoms with Gasteiger partial charge in [-0.15, -0.1) is 0 Å². The van der Waals surface area contributed by atoms with E-state index in [1.165, 1.54) is 0 Å². The summed E-state index contributed by atoms with van der Waals surface area (Å²) in [5, 5.41) is 0.540. The lowest BCUT2D eigenvalue weighted by Crippen LogP contribution is -2.47. The second kappa shape index (κ2) is 5.55. The maximum absolute atomic E-state index is 13.0. The number of carbonyl (C=O) groups excluding carboxylic acids is 1. The molecule has 25 heavy (non-hydrogen) atoms. The van der Waals surface area contributed by atoms with Crippen LogP contribution in [0.5, 0.6) is 0 Å². The summed E-state index contributed by atoms with van der Waals surface area (Å²) in [6, 6.07) is 14.3. The molecule has 2 atom stereocenters. The third-order valence-corrected chi connectivity index (χ3v) is 4.95. The van der Waals surface area contributed by atoms with Gasteiger partial charge in [-0.2, -0.15) is 0 Å². The van der Waals surface area contributed by atoms with Crippen LogP contribution in [0.15, 0.2) is 53.3 Å². The maximum atomic E-state index is 13.0. The number of likely N-dealkylation sites (N-methyl/N-ethyl adjacent to an activating group) is 1. The summed E-state index contributed by atoms with van der Waals surface area (Å²) in [6.45, 7) is 3.78. The van der Waals surface area contributed by atoms with Crippen molar-refractivity contribution in [3.05, 3.63) is 75.8 Å². The predicted molar refractivity (Wildman–Crippen MR) is 96.5 cm³/mol. The minimum atomic E-state index is -0.564. The number of hydrogen-bond donors (Lipinski definition) is 0. The average Bonchev–Trinajstić information content (AvgIpc) is 2.61. The number of fused-ring (bicyclic) bond motifs is 2. The Morgan fingerprint density at radius 3 is 2.40 bits per heavy atom. The Bertz CT molecular complexity index is 1040. The fourth-order valence-corrected chi connectivity index (χ4v) is 3.56. The first-order chi connectivity index (χ1) is 12.0. The van der Waals surface area contributed by atoms with E-state index < -0.39 is 6.04 Å². The summed E-state index contributed by atoms with van der Waals surface area (Å²) in [4.78, 5) is 32.2. The molecule has 1 aliphatic rings. The SMILES string of the molecule is Cc1ccc([C@H]2c3nc4ccccc4c(=O)n3[C@@H](C)C(=O)N2C)cc1. The van der Waals surface area contributed by atoms with Crippen LogP contribution in [0.4, 0.5) is 0 Å². The molecule has 5 nitrogen and oxygen atoms in total. The number of benzene rings is 2. The Hall–Kier alpha value is -2.95. The van der Waals surface area contributed by atoms with Gasteiger partial charge in [0.1, 0.15) is 17.9 Å². The lowest BCUT2D eigenvalue weighted by atomic mass is 9.99. The second-order valence-corrected chi connectivity index (χ2v) is 6.60. The number of nitrogens with zero attached hydrogens (tertiary/aromatic N) is 3. The summed E-state index contributed by atoms with van der Waals surface area (Å²) in [5.41, 5.74) is 2.59. The van der Waals surface area contributed by atoms with Crippen LogP contribution in [-0.4, -0.2) is 27.4 Å². The maximum Gasteiger partial charge on any atom is 0.262 e. The molecule has 4 rings (SSSR count). The van der Waals surface area contributed by atoms with Gasteiger partial charge in [-0.1, -0.05) is 42.0 Å². The number of hydrogen-bond acceptors (Lipinski definition) is 3. The Morgan fingerprint density at radius 2 is 1.68 bits per heavy atom. The Kier molecular flexibility index (Phi) is 3.46. The molecule has 0 fully saturated rings. The van der Waals surface area contributed by atoms with Crippen molar-refractivity contribution in [2.45, 2.75) is 25.9 Å². The highest BCUT2D eigenvalue weighted by Gasteiger charge is 2.38. The second-order valence-electron chi connectivity index (χ2n) is 6.60. The van der Waals surface area contributed by atoms with Crippen molar-refractivity contribution in [3.63, 3.8) is 0 Å². The van der Waals surface area contributed by atoms with E-state index >= 15 is 0 Å². The molecule has 1 amide bonds. The van der Waals surface area contributed by atoms with Crippen molar-refractivity contribution < 1.29 is 4.79 Å². The van der Waals surface area contributed by atoms with Crippen molar-refractivity contribution >= 4 is 16.8 Å². The highest BCUT2D eigenvalue weighted by Crippen LogP contribution is 2.33. The molecular formula is C20H19N3O2. The van der Waals surface area contributed by atoms with E-state index in [0.717, 1.165) is 11.1 Å². The van der Waals surface area contributed by atoms with Crippen LogP contribution >= 0.6 is 0 Å². The van der Waals surface area contributed by atoms with Crippen LogP contribution in [0.2, 0.25) is 0 Å². The normalized spacial score (nSPS) is 20.0. The summed E-state index contributed by atoms with van der Waals surface area (Å²) in [6.07, 6.45) is 0.